The van der Waals surface area contributed by atoms with Gasteiger partial charge in [-0.3, -0.25) is 10.2 Å². The fraction of sp³-hybridized carbons (Fsp3) is 0.500. The number of hydrazine groups is 1. The Hall–Kier alpha value is -1.59. The maximum Gasteiger partial charge on any atom is 0.236 e. The second-order valence-electron chi connectivity index (χ2n) is 4.94. The van der Waals surface area contributed by atoms with Gasteiger partial charge in [-0.15, -0.1) is 0 Å². The molecule has 0 aliphatic carbocycles. The molecule has 0 radical (unpaired) electrons. The lowest BCUT2D eigenvalue weighted by molar-refractivity contribution is -0.125. The molecule has 1 aromatic rings. The summed E-state index contributed by atoms with van der Waals surface area (Å²) >= 11 is 0. The third-order valence-corrected chi connectivity index (χ3v) is 2.80. The molecule has 19 heavy (non-hydrogen) atoms. The third-order valence-electron chi connectivity index (χ3n) is 2.80. The fourth-order valence-corrected chi connectivity index (χ4v) is 2.15. The molecule has 0 aromatic heterocycles. The summed E-state index contributed by atoms with van der Waals surface area (Å²) in [6.45, 7) is 3.98. The average Bonchev–Trinajstić information content (AvgIpc) is 2.26. The monoisotopic (exact) mass is 265 g/mol. The van der Waals surface area contributed by atoms with Crippen LogP contribution in [0.1, 0.15) is 29.2 Å². The Kier molecular flexibility index (Phi) is 5.32. The number of amides is 1. The lowest BCUT2D eigenvalue weighted by Gasteiger charge is -2.19. The minimum absolute atomic E-state index is 0.112. The van der Waals surface area contributed by atoms with E-state index in [1.54, 1.807) is 26.2 Å². The molecule has 0 spiro atoms. The van der Waals surface area contributed by atoms with Crippen LogP contribution in [0.15, 0.2) is 12.1 Å². The highest BCUT2D eigenvalue weighted by Crippen LogP contribution is 2.30. The van der Waals surface area contributed by atoms with Gasteiger partial charge in [0.2, 0.25) is 5.91 Å². The van der Waals surface area contributed by atoms with Crippen molar-refractivity contribution in [3.63, 3.8) is 0 Å². The van der Waals surface area contributed by atoms with E-state index in [2.05, 4.69) is 5.43 Å². The lowest BCUT2D eigenvalue weighted by atomic mass is 9.98. The van der Waals surface area contributed by atoms with Gasteiger partial charge in [0.25, 0.3) is 0 Å². The number of hydrogen-bond donors (Lipinski definition) is 2. The highest BCUT2D eigenvalue weighted by molar-refractivity contribution is 5.76. The van der Waals surface area contributed by atoms with Gasteiger partial charge in [-0.1, -0.05) is 17.7 Å². The standard InChI is InChI=1S/C14H23N3O2/c1-9-6-10(2)14(19-5)11(7-9)12(15)8-13(18)16-17(3)4/h6-7,12H,8,15H2,1-5H3,(H,16,18). The predicted molar refractivity (Wildman–Crippen MR) is 75.8 cm³/mol. The Morgan fingerprint density at radius 1 is 1.42 bits per heavy atom. The molecule has 0 fully saturated rings. The first-order chi connectivity index (χ1) is 8.85. The summed E-state index contributed by atoms with van der Waals surface area (Å²) in [6, 6.07) is 3.63. The fourth-order valence-electron chi connectivity index (χ4n) is 2.15. The zero-order valence-electron chi connectivity index (χ0n) is 12.3. The van der Waals surface area contributed by atoms with Crippen molar-refractivity contribution in [3.8, 4) is 5.75 Å². The molecule has 0 saturated carbocycles. The van der Waals surface area contributed by atoms with Crippen molar-refractivity contribution in [3.05, 3.63) is 28.8 Å². The molecule has 1 amide bonds. The van der Waals surface area contributed by atoms with Gasteiger partial charge in [-0.25, -0.2) is 5.01 Å². The van der Waals surface area contributed by atoms with Gasteiger partial charge < -0.3 is 10.5 Å². The molecule has 106 valence electrons. The number of carbonyl (C=O) groups excluding carboxylic acids is 1. The minimum atomic E-state index is -0.381. The molecule has 0 bridgehead atoms. The van der Waals surface area contributed by atoms with E-state index in [0.29, 0.717) is 0 Å². The molecular formula is C14H23N3O2. The highest BCUT2D eigenvalue weighted by Gasteiger charge is 2.18. The van der Waals surface area contributed by atoms with E-state index in [9.17, 15) is 4.79 Å². The number of nitrogens with zero attached hydrogens (tertiary/aromatic N) is 1. The summed E-state index contributed by atoms with van der Waals surface area (Å²) in [4.78, 5) is 11.7. The van der Waals surface area contributed by atoms with Gasteiger partial charge in [0.1, 0.15) is 5.75 Å². The molecule has 0 heterocycles. The number of hydrogen-bond acceptors (Lipinski definition) is 4. The van der Waals surface area contributed by atoms with E-state index < -0.39 is 0 Å². The van der Waals surface area contributed by atoms with Crippen LogP contribution in [0.2, 0.25) is 0 Å². The summed E-state index contributed by atoms with van der Waals surface area (Å²) < 4.78 is 5.39. The maximum absolute atomic E-state index is 11.7. The van der Waals surface area contributed by atoms with Crippen LogP contribution < -0.4 is 15.9 Å². The van der Waals surface area contributed by atoms with Crippen molar-refractivity contribution in [1.29, 1.82) is 0 Å². The first-order valence-electron chi connectivity index (χ1n) is 6.22. The number of benzene rings is 1. The Bertz CT molecular complexity index is 458. The van der Waals surface area contributed by atoms with Crippen molar-refractivity contribution in [1.82, 2.24) is 10.4 Å². The van der Waals surface area contributed by atoms with Crippen LogP contribution in [-0.2, 0) is 4.79 Å². The van der Waals surface area contributed by atoms with Crippen LogP contribution in [0.5, 0.6) is 5.75 Å². The maximum atomic E-state index is 11.7. The number of methoxy groups -OCH3 is 1. The molecule has 0 saturated heterocycles. The SMILES string of the molecule is COc1c(C)cc(C)cc1C(N)CC(=O)NN(C)C. The Morgan fingerprint density at radius 2 is 2.05 bits per heavy atom. The number of aryl methyl sites for hydroxylation is 2. The highest BCUT2D eigenvalue weighted by atomic mass is 16.5. The average molecular weight is 265 g/mol. The second kappa shape index (κ2) is 6.54. The first kappa shape index (κ1) is 15.5. The van der Waals surface area contributed by atoms with E-state index in [0.717, 1.165) is 22.4 Å². The van der Waals surface area contributed by atoms with E-state index >= 15 is 0 Å². The predicted octanol–water partition coefficient (Wildman–Crippen LogP) is 1.29. The summed E-state index contributed by atoms with van der Waals surface area (Å²) in [6.07, 6.45) is 0.220. The number of nitrogens with one attached hydrogen (secondary N) is 1. The van der Waals surface area contributed by atoms with E-state index in [1.807, 2.05) is 26.0 Å². The smallest absolute Gasteiger partial charge is 0.236 e. The topological polar surface area (TPSA) is 67.6 Å². The number of ether oxygens (including phenoxy) is 1. The summed E-state index contributed by atoms with van der Waals surface area (Å²) in [5.41, 5.74) is 11.8. The Labute approximate surface area is 114 Å². The van der Waals surface area contributed by atoms with Crippen molar-refractivity contribution in [2.24, 2.45) is 5.73 Å². The largest absolute Gasteiger partial charge is 0.496 e. The van der Waals surface area contributed by atoms with Gasteiger partial charge >= 0.3 is 0 Å². The third kappa shape index (κ3) is 4.22. The zero-order chi connectivity index (χ0) is 14.6. The normalized spacial score (nSPS) is 12.4. The van der Waals surface area contributed by atoms with Crippen molar-refractivity contribution < 1.29 is 9.53 Å². The molecule has 1 aromatic carbocycles. The van der Waals surface area contributed by atoms with Crippen LogP contribution in [0, 0.1) is 13.8 Å². The number of carbonyl (C=O) groups is 1. The van der Waals surface area contributed by atoms with Gasteiger partial charge in [-0.2, -0.15) is 0 Å². The van der Waals surface area contributed by atoms with Gasteiger partial charge in [0, 0.05) is 32.1 Å². The molecule has 0 aliphatic heterocycles. The molecule has 5 heteroatoms. The molecule has 1 unspecified atom stereocenters. The zero-order valence-corrected chi connectivity index (χ0v) is 12.3. The van der Waals surface area contributed by atoms with E-state index in [1.165, 1.54) is 0 Å². The molecular weight excluding hydrogens is 242 g/mol. The molecule has 1 rings (SSSR count). The van der Waals surface area contributed by atoms with Crippen LogP contribution in [-0.4, -0.2) is 32.1 Å². The molecule has 3 N–H and O–H groups in total. The van der Waals surface area contributed by atoms with Crippen molar-refractivity contribution in [2.45, 2.75) is 26.3 Å². The summed E-state index contributed by atoms with van der Waals surface area (Å²) in [5, 5.41) is 1.60. The minimum Gasteiger partial charge on any atom is -0.496 e. The second-order valence-corrected chi connectivity index (χ2v) is 4.94. The van der Waals surface area contributed by atoms with E-state index in [4.69, 9.17) is 10.5 Å². The molecule has 0 aliphatic rings. The van der Waals surface area contributed by atoms with Crippen molar-refractivity contribution in [2.75, 3.05) is 21.2 Å². The Morgan fingerprint density at radius 3 is 2.58 bits per heavy atom. The Balaban J connectivity index is 2.93. The summed E-state index contributed by atoms with van der Waals surface area (Å²) in [5.74, 6) is 0.648. The molecule has 1 atom stereocenters. The number of rotatable bonds is 5. The van der Waals surface area contributed by atoms with Crippen molar-refractivity contribution >= 4 is 5.91 Å². The van der Waals surface area contributed by atoms with E-state index in [-0.39, 0.29) is 18.4 Å². The van der Waals surface area contributed by atoms with Crippen LogP contribution in [0.3, 0.4) is 0 Å². The number of nitrogens with two attached hydrogens (primary N) is 1. The quantitative estimate of drug-likeness (QED) is 0.787. The van der Waals surface area contributed by atoms with Gasteiger partial charge in [-0.05, 0) is 19.4 Å². The molecule has 5 nitrogen and oxygen atoms in total. The first-order valence-corrected chi connectivity index (χ1v) is 6.22. The summed E-state index contributed by atoms with van der Waals surface area (Å²) in [7, 11) is 5.15. The van der Waals surface area contributed by atoms with Crippen LogP contribution >= 0.6 is 0 Å². The van der Waals surface area contributed by atoms with Gasteiger partial charge in [0.15, 0.2) is 0 Å². The van der Waals surface area contributed by atoms with Crippen LogP contribution in [0.25, 0.3) is 0 Å². The van der Waals surface area contributed by atoms with Crippen LogP contribution in [0.4, 0.5) is 0 Å². The van der Waals surface area contributed by atoms with Gasteiger partial charge in [0.05, 0.1) is 7.11 Å². The lowest BCUT2D eigenvalue weighted by Crippen LogP contribution is -2.37.